The first-order valence-corrected chi connectivity index (χ1v) is 7.80. The fourth-order valence-electron chi connectivity index (χ4n) is 2.23. The van der Waals surface area contributed by atoms with Crippen LogP contribution in [0.3, 0.4) is 0 Å². The van der Waals surface area contributed by atoms with Crippen molar-refractivity contribution in [2.75, 3.05) is 7.11 Å². The van der Waals surface area contributed by atoms with Crippen LogP contribution in [0, 0.1) is 12.8 Å². The van der Waals surface area contributed by atoms with Gasteiger partial charge in [0, 0.05) is 5.02 Å². The molecule has 0 radical (unpaired) electrons. The predicted octanol–water partition coefficient (Wildman–Crippen LogP) is 2.16. The lowest BCUT2D eigenvalue weighted by molar-refractivity contribution is -0.144. The highest BCUT2D eigenvalue weighted by Crippen LogP contribution is 2.17. The molecule has 0 aliphatic rings. The second-order valence-electron chi connectivity index (χ2n) is 5.63. The first-order valence-electron chi connectivity index (χ1n) is 7.42. The summed E-state index contributed by atoms with van der Waals surface area (Å²) in [4.78, 5) is 24.2. The van der Waals surface area contributed by atoms with Crippen molar-refractivity contribution in [2.24, 2.45) is 5.92 Å². The Kier molecular flexibility index (Phi) is 5.56. The van der Waals surface area contributed by atoms with Crippen LogP contribution in [0.5, 0.6) is 0 Å². The van der Waals surface area contributed by atoms with Crippen LogP contribution in [0.25, 0.3) is 5.69 Å². The summed E-state index contributed by atoms with van der Waals surface area (Å²) in [7, 11) is 1.28. The second kappa shape index (κ2) is 7.44. The number of carbonyl (C=O) groups is 2. The van der Waals surface area contributed by atoms with Crippen LogP contribution in [-0.2, 0) is 9.53 Å². The number of hydrogen-bond acceptors (Lipinski definition) is 5. The van der Waals surface area contributed by atoms with E-state index in [0.717, 1.165) is 0 Å². The van der Waals surface area contributed by atoms with Crippen LogP contribution >= 0.6 is 11.6 Å². The monoisotopic (exact) mass is 350 g/mol. The Labute approximate surface area is 144 Å². The van der Waals surface area contributed by atoms with E-state index in [4.69, 9.17) is 16.3 Å². The quantitative estimate of drug-likeness (QED) is 0.835. The molecule has 1 aromatic carbocycles. The third-order valence-corrected chi connectivity index (χ3v) is 3.81. The van der Waals surface area contributed by atoms with Crippen molar-refractivity contribution < 1.29 is 14.3 Å². The number of esters is 1. The number of aromatic nitrogens is 3. The number of halogens is 1. The lowest BCUT2D eigenvalue weighted by atomic mass is 10.0. The third-order valence-electron chi connectivity index (χ3n) is 3.57. The van der Waals surface area contributed by atoms with Gasteiger partial charge in [0.05, 0.1) is 18.5 Å². The van der Waals surface area contributed by atoms with Gasteiger partial charge in [-0.2, -0.15) is 0 Å². The van der Waals surface area contributed by atoms with Crippen molar-refractivity contribution >= 4 is 23.5 Å². The molecule has 0 spiro atoms. The molecule has 0 fully saturated rings. The number of carbonyl (C=O) groups excluding carboxylic acids is 2. The molecule has 24 heavy (non-hydrogen) atoms. The van der Waals surface area contributed by atoms with E-state index in [1.165, 1.54) is 11.8 Å². The van der Waals surface area contributed by atoms with Crippen LogP contribution in [0.4, 0.5) is 0 Å². The van der Waals surface area contributed by atoms with E-state index < -0.39 is 17.9 Å². The maximum atomic E-state index is 12.5. The normalized spacial score (nSPS) is 12.1. The van der Waals surface area contributed by atoms with Gasteiger partial charge in [-0.05, 0) is 31.0 Å². The van der Waals surface area contributed by atoms with Crippen molar-refractivity contribution in [3.05, 3.63) is 40.7 Å². The first-order chi connectivity index (χ1) is 11.3. The molecule has 1 aromatic heterocycles. The van der Waals surface area contributed by atoms with Crippen molar-refractivity contribution in [2.45, 2.75) is 26.8 Å². The smallest absolute Gasteiger partial charge is 0.328 e. The molecular weight excluding hydrogens is 332 g/mol. The van der Waals surface area contributed by atoms with E-state index in [9.17, 15) is 9.59 Å². The minimum Gasteiger partial charge on any atom is -0.467 e. The number of methoxy groups -OCH3 is 1. The van der Waals surface area contributed by atoms with E-state index >= 15 is 0 Å². The summed E-state index contributed by atoms with van der Waals surface area (Å²) in [5.41, 5.74) is 1.38. The van der Waals surface area contributed by atoms with E-state index in [2.05, 4.69) is 15.6 Å². The van der Waals surface area contributed by atoms with Gasteiger partial charge in [-0.25, -0.2) is 9.48 Å². The van der Waals surface area contributed by atoms with Gasteiger partial charge in [0.15, 0.2) is 5.69 Å². The number of nitrogens with zero attached hydrogens (tertiary/aromatic N) is 3. The van der Waals surface area contributed by atoms with Gasteiger partial charge in [-0.15, -0.1) is 5.10 Å². The molecule has 1 amide bonds. The van der Waals surface area contributed by atoms with Crippen LogP contribution < -0.4 is 5.32 Å². The molecular formula is C16H19ClN4O3. The van der Waals surface area contributed by atoms with Crippen molar-refractivity contribution in [3.8, 4) is 5.69 Å². The first kappa shape index (κ1) is 17.9. The van der Waals surface area contributed by atoms with Crippen LogP contribution in [-0.4, -0.2) is 40.0 Å². The predicted molar refractivity (Wildman–Crippen MR) is 89.2 cm³/mol. The van der Waals surface area contributed by atoms with E-state index in [0.29, 0.717) is 16.4 Å². The van der Waals surface area contributed by atoms with Gasteiger partial charge >= 0.3 is 5.97 Å². The van der Waals surface area contributed by atoms with E-state index in [1.54, 1.807) is 31.2 Å². The summed E-state index contributed by atoms with van der Waals surface area (Å²) in [5.74, 6) is -1.10. The number of nitrogens with one attached hydrogen (secondary N) is 1. The summed E-state index contributed by atoms with van der Waals surface area (Å²) in [5, 5.41) is 11.1. The van der Waals surface area contributed by atoms with Gasteiger partial charge in [-0.3, -0.25) is 4.79 Å². The minimum absolute atomic E-state index is 0.121. The molecule has 128 valence electrons. The lowest BCUT2D eigenvalue weighted by Gasteiger charge is -2.19. The van der Waals surface area contributed by atoms with Crippen molar-refractivity contribution in [3.63, 3.8) is 0 Å². The molecule has 1 unspecified atom stereocenters. The molecule has 1 N–H and O–H groups in total. The van der Waals surface area contributed by atoms with Gasteiger partial charge in [0.1, 0.15) is 6.04 Å². The van der Waals surface area contributed by atoms with Gasteiger partial charge in [0.2, 0.25) is 0 Å². The summed E-state index contributed by atoms with van der Waals surface area (Å²) < 4.78 is 6.24. The number of ether oxygens (including phenoxy) is 1. The van der Waals surface area contributed by atoms with Crippen molar-refractivity contribution in [1.82, 2.24) is 20.3 Å². The Morgan fingerprint density at radius 1 is 1.33 bits per heavy atom. The number of amides is 1. The Balaban J connectivity index is 2.27. The fraction of sp³-hybridized carbons (Fsp3) is 0.375. The van der Waals surface area contributed by atoms with Crippen LogP contribution in [0.1, 0.15) is 30.0 Å². The number of hydrogen-bond donors (Lipinski definition) is 1. The van der Waals surface area contributed by atoms with Crippen molar-refractivity contribution in [1.29, 1.82) is 0 Å². The Morgan fingerprint density at radius 3 is 2.62 bits per heavy atom. The van der Waals surface area contributed by atoms with Crippen LogP contribution in [0.2, 0.25) is 5.02 Å². The second-order valence-corrected chi connectivity index (χ2v) is 6.07. The standard InChI is InChI=1S/C16H19ClN4O3/c1-9(2)13(16(23)24-4)18-15(22)14-10(3)21(20-19-14)12-7-5-6-11(17)8-12/h5-9,13H,1-4H3,(H,18,22). The Morgan fingerprint density at radius 2 is 2.04 bits per heavy atom. The Bertz CT molecular complexity index is 758. The maximum Gasteiger partial charge on any atom is 0.328 e. The topological polar surface area (TPSA) is 86.1 Å². The third kappa shape index (κ3) is 3.73. The highest BCUT2D eigenvalue weighted by molar-refractivity contribution is 6.30. The fourth-order valence-corrected chi connectivity index (χ4v) is 2.41. The summed E-state index contributed by atoms with van der Waals surface area (Å²) in [6.07, 6.45) is 0. The Hall–Kier alpha value is -2.41. The van der Waals surface area contributed by atoms with Gasteiger partial charge in [0.25, 0.3) is 5.91 Å². The molecule has 2 rings (SSSR count). The average molecular weight is 351 g/mol. The molecule has 0 saturated carbocycles. The summed E-state index contributed by atoms with van der Waals surface area (Å²) >= 11 is 5.98. The zero-order valence-corrected chi connectivity index (χ0v) is 14.7. The maximum absolute atomic E-state index is 12.5. The van der Waals surface area contributed by atoms with E-state index in [-0.39, 0.29) is 11.6 Å². The molecule has 0 aliphatic carbocycles. The zero-order valence-electron chi connectivity index (χ0n) is 13.9. The molecule has 7 nitrogen and oxygen atoms in total. The van der Waals surface area contributed by atoms with E-state index in [1.807, 2.05) is 13.8 Å². The molecule has 1 atom stereocenters. The molecule has 0 saturated heterocycles. The SMILES string of the molecule is COC(=O)C(NC(=O)c1nnn(-c2cccc(Cl)c2)c1C)C(C)C. The zero-order chi connectivity index (χ0) is 17.9. The largest absolute Gasteiger partial charge is 0.467 e. The number of benzene rings is 1. The van der Waals surface area contributed by atoms with Gasteiger partial charge < -0.3 is 10.1 Å². The minimum atomic E-state index is -0.752. The highest BCUT2D eigenvalue weighted by Gasteiger charge is 2.27. The molecule has 0 aliphatic heterocycles. The lowest BCUT2D eigenvalue weighted by Crippen LogP contribution is -2.45. The molecule has 1 heterocycles. The van der Waals surface area contributed by atoms with Gasteiger partial charge in [-0.1, -0.05) is 36.7 Å². The molecule has 0 bridgehead atoms. The molecule has 2 aromatic rings. The van der Waals surface area contributed by atoms with Crippen LogP contribution in [0.15, 0.2) is 24.3 Å². The highest BCUT2D eigenvalue weighted by atomic mass is 35.5. The average Bonchev–Trinajstić information content (AvgIpc) is 2.93. The summed E-state index contributed by atoms with van der Waals surface area (Å²) in [6.45, 7) is 5.35. The molecule has 8 heteroatoms. The number of rotatable bonds is 5. The summed E-state index contributed by atoms with van der Waals surface area (Å²) in [6, 6.07) is 6.30.